The number of carboxylic acids is 1. The molecule has 19 heavy (non-hydrogen) atoms. The third-order valence-corrected chi connectivity index (χ3v) is 3.37. The van der Waals surface area contributed by atoms with Gasteiger partial charge in [-0.25, -0.2) is 9.59 Å². The Hall–Kier alpha value is -1.83. The van der Waals surface area contributed by atoms with E-state index in [1.807, 2.05) is 0 Å². The van der Waals surface area contributed by atoms with Gasteiger partial charge in [0.05, 0.1) is 5.41 Å². The first kappa shape index (κ1) is 15.2. The van der Waals surface area contributed by atoms with Crippen LogP contribution in [-0.4, -0.2) is 58.8 Å². The normalized spacial score (nSPS) is 24.0. The fraction of sp³-hybridized carbons (Fsp3) is 0.727. The van der Waals surface area contributed by atoms with Crippen LogP contribution in [-0.2, 0) is 9.59 Å². The third-order valence-electron chi connectivity index (χ3n) is 3.37. The standard InChI is InChI=1S/C11H19N3O5/c1-11(9(12)18)3-4-14(6-11)10(19)13-7(2-5-15)8(16)17/h7,15H,2-6H2,1H3,(H2,12,18)(H,13,19)(H,16,17). The van der Waals surface area contributed by atoms with Crippen molar-refractivity contribution in [1.82, 2.24) is 10.2 Å². The number of primary amides is 1. The summed E-state index contributed by atoms with van der Waals surface area (Å²) >= 11 is 0. The highest BCUT2D eigenvalue weighted by Crippen LogP contribution is 2.29. The molecule has 0 radical (unpaired) electrons. The summed E-state index contributed by atoms with van der Waals surface area (Å²) in [6.07, 6.45) is 0.384. The molecule has 0 aromatic rings. The van der Waals surface area contributed by atoms with Crippen molar-refractivity contribution in [1.29, 1.82) is 0 Å². The summed E-state index contributed by atoms with van der Waals surface area (Å²) in [6, 6.07) is -1.70. The minimum absolute atomic E-state index is 0.0675. The predicted octanol–water partition coefficient (Wildman–Crippen LogP) is -1.27. The summed E-state index contributed by atoms with van der Waals surface area (Å²) in [5, 5.41) is 19.9. The van der Waals surface area contributed by atoms with Crippen LogP contribution >= 0.6 is 0 Å². The number of nitrogens with zero attached hydrogens (tertiary/aromatic N) is 1. The number of nitrogens with two attached hydrogens (primary N) is 1. The predicted molar refractivity (Wildman–Crippen MR) is 65.1 cm³/mol. The molecule has 0 saturated carbocycles. The van der Waals surface area contributed by atoms with Gasteiger partial charge in [-0.15, -0.1) is 0 Å². The number of hydrogen-bond donors (Lipinski definition) is 4. The van der Waals surface area contributed by atoms with Crippen molar-refractivity contribution < 1.29 is 24.6 Å². The third kappa shape index (κ3) is 3.57. The summed E-state index contributed by atoms with van der Waals surface area (Å²) < 4.78 is 0. The van der Waals surface area contributed by atoms with Gasteiger partial charge in [-0.05, 0) is 13.3 Å². The first-order valence-electron chi connectivity index (χ1n) is 5.99. The van der Waals surface area contributed by atoms with E-state index >= 15 is 0 Å². The van der Waals surface area contributed by atoms with Gasteiger partial charge < -0.3 is 26.2 Å². The molecule has 1 aliphatic heterocycles. The number of aliphatic hydroxyl groups excluding tert-OH is 1. The van der Waals surface area contributed by atoms with Crippen molar-refractivity contribution in [2.45, 2.75) is 25.8 Å². The van der Waals surface area contributed by atoms with Crippen LogP contribution in [0.15, 0.2) is 0 Å². The maximum Gasteiger partial charge on any atom is 0.326 e. The molecule has 0 aliphatic carbocycles. The van der Waals surface area contributed by atoms with Crippen LogP contribution in [0.5, 0.6) is 0 Å². The van der Waals surface area contributed by atoms with E-state index in [-0.39, 0.29) is 19.6 Å². The molecule has 0 spiro atoms. The molecule has 1 saturated heterocycles. The summed E-state index contributed by atoms with van der Waals surface area (Å²) in [5.74, 6) is -1.69. The lowest BCUT2D eigenvalue weighted by atomic mass is 9.89. The van der Waals surface area contributed by atoms with Crippen molar-refractivity contribution in [3.05, 3.63) is 0 Å². The first-order valence-corrected chi connectivity index (χ1v) is 5.99. The molecule has 108 valence electrons. The number of carbonyl (C=O) groups excluding carboxylic acids is 2. The zero-order valence-electron chi connectivity index (χ0n) is 10.8. The van der Waals surface area contributed by atoms with Crippen LogP contribution in [0.1, 0.15) is 19.8 Å². The van der Waals surface area contributed by atoms with Gasteiger partial charge in [-0.2, -0.15) is 0 Å². The lowest BCUT2D eigenvalue weighted by Gasteiger charge is -2.23. The summed E-state index contributed by atoms with van der Waals surface area (Å²) in [7, 11) is 0. The molecule has 1 rings (SSSR count). The highest BCUT2D eigenvalue weighted by Gasteiger charge is 2.41. The Labute approximate surface area is 110 Å². The minimum atomic E-state index is -1.21. The summed E-state index contributed by atoms with van der Waals surface area (Å²) in [6.45, 7) is 1.84. The van der Waals surface area contributed by atoms with Crippen LogP contribution in [0.4, 0.5) is 4.79 Å². The Morgan fingerprint density at radius 1 is 1.47 bits per heavy atom. The average molecular weight is 273 g/mol. The van der Waals surface area contributed by atoms with Crippen molar-refractivity contribution in [3.63, 3.8) is 0 Å². The average Bonchev–Trinajstić information content (AvgIpc) is 2.72. The topological polar surface area (TPSA) is 133 Å². The van der Waals surface area contributed by atoms with Gasteiger partial charge in [0.1, 0.15) is 6.04 Å². The number of likely N-dealkylation sites (tertiary alicyclic amines) is 1. The van der Waals surface area contributed by atoms with Gasteiger partial charge in [0.15, 0.2) is 0 Å². The number of rotatable bonds is 5. The van der Waals surface area contributed by atoms with Gasteiger partial charge in [0.25, 0.3) is 0 Å². The van der Waals surface area contributed by atoms with E-state index in [9.17, 15) is 14.4 Å². The maximum absolute atomic E-state index is 11.9. The summed E-state index contributed by atoms with van der Waals surface area (Å²) in [4.78, 5) is 35.3. The lowest BCUT2D eigenvalue weighted by molar-refractivity contribution is -0.139. The van der Waals surface area contributed by atoms with Gasteiger partial charge in [-0.3, -0.25) is 4.79 Å². The second-order valence-electron chi connectivity index (χ2n) is 4.95. The van der Waals surface area contributed by atoms with Gasteiger partial charge in [0.2, 0.25) is 5.91 Å². The van der Waals surface area contributed by atoms with E-state index in [2.05, 4.69) is 5.32 Å². The van der Waals surface area contributed by atoms with Crippen LogP contribution in [0.25, 0.3) is 0 Å². The van der Waals surface area contributed by atoms with Crippen LogP contribution in [0.3, 0.4) is 0 Å². The van der Waals surface area contributed by atoms with Gasteiger partial charge >= 0.3 is 12.0 Å². The van der Waals surface area contributed by atoms with Gasteiger partial charge in [0, 0.05) is 26.1 Å². The molecule has 8 heteroatoms. The zero-order valence-corrected chi connectivity index (χ0v) is 10.8. The monoisotopic (exact) mass is 273 g/mol. The van der Waals surface area contributed by atoms with E-state index in [0.29, 0.717) is 13.0 Å². The Bertz CT molecular complexity index is 387. The van der Waals surface area contributed by atoms with Crippen LogP contribution in [0.2, 0.25) is 0 Å². The Morgan fingerprint density at radius 3 is 2.53 bits per heavy atom. The largest absolute Gasteiger partial charge is 0.480 e. The Balaban J connectivity index is 2.60. The molecular weight excluding hydrogens is 254 g/mol. The Morgan fingerprint density at radius 2 is 2.11 bits per heavy atom. The second-order valence-corrected chi connectivity index (χ2v) is 4.95. The molecule has 0 bridgehead atoms. The van der Waals surface area contributed by atoms with E-state index in [1.54, 1.807) is 6.92 Å². The van der Waals surface area contributed by atoms with Crippen LogP contribution in [0, 0.1) is 5.41 Å². The number of hydrogen-bond acceptors (Lipinski definition) is 4. The number of carbonyl (C=O) groups is 3. The molecule has 2 unspecified atom stereocenters. The molecule has 2 atom stereocenters. The van der Waals surface area contributed by atoms with Gasteiger partial charge in [-0.1, -0.05) is 0 Å². The molecule has 3 amide bonds. The van der Waals surface area contributed by atoms with E-state index in [0.717, 1.165) is 0 Å². The number of aliphatic hydroxyl groups is 1. The molecular formula is C11H19N3O5. The number of aliphatic carboxylic acids is 1. The quantitative estimate of drug-likeness (QED) is 0.495. The molecule has 0 aromatic carbocycles. The number of carboxylic acid groups (broad SMARTS) is 1. The SMILES string of the molecule is CC1(C(N)=O)CCN(C(=O)NC(CCO)C(=O)O)C1. The highest BCUT2D eigenvalue weighted by atomic mass is 16.4. The maximum atomic E-state index is 11.9. The first-order chi connectivity index (χ1) is 8.80. The molecule has 1 fully saturated rings. The van der Waals surface area contributed by atoms with E-state index in [1.165, 1.54) is 4.90 Å². The molecule has 8 nitrogen and oxygen atoms in total. The van der Waals surface area contributed by atoms with Crippen LogP contribution < -0.4 is 11.1 Å². The van der Waals surface area contributed by atoms with E-state index in [4.69, 9.17) is 15.9 Å². The van der Waals surface area contributed by atoms with Crippen molar-refractivity contribution in [2.75, 3.05) is 19.7 Å². The highest BCUT2D eigenvalue weighted by molar-refractivity contribution is 5.85. The minimum Gasteiger partial charge on any atom is -0.480 e. The fourth-order valence-corrected chi connectivity index (χ4v) is 1.96. The van der Waals surface area contributed by atoms with Crippen molar-refractivity contribution >= 4 is 17.9 Å². The zero-order chi connectivity index (χ0) is 14.6. The molecule has 0 aromatic heterocycles. The Kier molecular flexibility index (Phi) is 4.71. The molecule has 1 aliphatic rings. The number of nitrogens with one attached hydrogen (secondary N) is 1. The number of urea groups is 1. The second kappa shape index (κ2) is 5.87. The molecule has 5 N–H and O–H groups in total. The molecule has 1 heterocycles. The van der Waals surface area contributed by atoms with Crippen molar-refractivity contribution in [2.24, 2.45) is 11.1 Å². The fourth-order valence-electron chi connectivity index (χ4n) is 1.96. The summed E-state index contributed by atoms with van der Waals surface area (Å²) in [5.41, 5.74) is 4.50. The van der Waals surface area contributed by atoms with E-state index < -0.39 is 29.4 Å². The smallest absolute Gasteiger partial charge is 0.326 e. The number of amides is 3. The van der Waals surface area contributed by atoms with Crippen molar-refractivity contribution in [3.8, 4) is 0 Å². The lowest BCUT2D eigenvalue weighted by Crippen LogP contribution is -2.48.